The van der Waals surface area contributed by atoms with E-state index >= 15 is 0 Å². The average molecular weight is 271 g/mol. The first-order chi connectivity index (χ1) is 9.83. The molecule has 1 N–H and O–H groups in total. The monoisotopic (exact) mass is 271 g/mol. The number of carbonyl (C=O) groups is 1. The Kier molecular flexibility index (Phi) is 3.88. The second-order valence-electron chi connectivity index (χ2n) is 5.64. The van der Waals surface area contributed by atoms with Crippen LogP contribution >= 0.6 is 0 Å². The van der Waals surface area contributed by atoms with E-state index < -0.39 is 0 Å². The van der Waals surface area contributed by atoms with Crippen molar-refractivity contribution in [2.24, 2.45) is 0 Å². The van der Waals surface area contributed by atoms with Crippen LogP contribution in [0.1, 0.15) is 31.2 Å². The van der Waals surface area contributed by atoms with E-state index in [1.807, 2.05) is 18.2 Å². The van der Waals surface area contributed by atoms with Crippen molar-refractivity contribution in [3.8, 4) is 0 Å². The maximum absolute atomic E-state index is 13.1. The van der Waals surface area contributed by atoms with Crippen molar-refractivity contribution < 1.29 is 9.53 Å². The number of rotatable bonds is 3. The molecule has 20 heavy (non-hydrogen) atoms. The molecule has 0 aliphatic carbocycles. The number of allylic oxidation sites excluding steroid dienone is 1. The fourth-order valence-electron chi connectivity index (χ4n) is 3.30. The van der Waals surface area contributed by atoms with Crippen LogP contribution in [-0.4, -0.2) is 25.5 Å². The zero-order valence-electron chi connectivity index (χ0n) is 11.7. The minimum Gasteiger partial charge on any atom is -0.501 e. The highest BCUT2D eigenvalue weighted by Crippen LogP contribution is 2.37. The van der Waals surface area contributed by atoms with Crippen molar-refractivity contribution in [2.75, 3.05) is 19.7 Å². The molecule has 2 heterocycles. The predicted molar refractivity (Wildman–Crippen MR) is 78.5 cm³/mol. The topological polar surface area (TPSA) is 38.3 Å². The van der Waals surface area contributed by atoms with Crippen molar-refractivity contribution in [3.05, 3.63) is 47.7 Å². The van der Waals surface area contributed by atoms with Crippen molar-refractivity contribution in [2.45, 2.75) is 31.1 Å². The summed E-state index contributed by atoms with van der Waals surface area (Å²) < 4.78 is 5.38. The van der Waals surface area contributed by atoms with Gasteiger partial charge in [0.25, 0.3) is 0 Å². The minimum absolute atomic E-state index is 0.268. The van der Waals surface area contributed by atoms with E-state index in [1.54, 1.807) is 6.26 Å². The molecule has 0 amide bonds. The van der Waals surface area contributed by atoms with Gasteiger partial charge in [-0.15, -0.1) is 0 Å². The van der Waals surface area contributed by atoms with Gasteiger partial charge in [-0.2, -0.15) is 0 Å². The van der Waals surface area contributed by atoms with Gasteiger partial charge in [-0.25, -0.2) is 0 Å². The lowest BCUT2D eigenvalue weighted by atomic mass is 9.68. The molecule has 1 aromatic rings. The molecule has 0 bridgehead atoms. The van der Waals surface area contributed by atoms with Gasteiger partial charge in [0.15, 0.2) is 5.78 Å². The maximum atomic E-state index is 13.1. The van der Waals surface area contributed by atoms with Gasteiger partial charge >= 0.3 is 0 Å². The fourth-order valence-corrected chi connectivity index (χ4v) is 3.30. The van der Waals surface area contributed by atoms with E-state index in [1.165, 1.54) is 0 Å². The molecule has 3 nitrogen and oxygen atoms in total. The largest absolute Gasteiger partial charge is 0.501 e. The summed E-state index contributed by atoms with van der Waals surface area (Å²) in [4.78, 5) is 13.1. The number of hydrogen-bond acceptors (Lipinski definition) is 3. The lowest BCUT2D eigenvalue weighted by Crippen LogP contribution is -2.46. The van der Waals surface area contributed by atoms with Crippen LogP contribution in [0.25, 0.3) is 0 Å². The van der Waals surface area contributed by atoms with Gasteiger partial charge in [0, 0.05) is 5.57 Å². The first-order valence-electron chi connectivity index (χ1n) is 7.45. The maximum Gasteiger partial charge on any atom is 0.172 e. The average Bonchev–Trinajstić information content (AvgIpc) is 2.56. The Morgan fingerprint density at radius 2 is 1.90 bits per heavy atom. The van der Waals surface area contributed by atoms with Crippen molar-refractivity contribution in [3.63, 3.8) is 0 Å². The van der Waals surface area contributed by atoms with Gasteiger partial charge in [-0.1, -0.05) is 30.3 Å². The summed E-state index contributed by atoms with van der Waals surface area (Å²) in [5, 5.41) is 3.36. The predicted octanol–water partition coefficient (Wildman–Crippen LogP) is 2.57. The molecule has 2 aliphatic rings. The minimum atomic E-state index is -0.362. The summed E-state index contributed by atoms with van der Waals surface area (Å²) in [6.07, 6.45) is 5.22. The van der Waals surface area contributed by atoms with Crippen LogP contribution < -0.4 is 5.32 Å². The molecular formula is C17H21NO2. The van der Waals surface area contributed by atoms with Gasteiger partial charge in [-0.3, -0.25) is 4.79 Å². The van der Waals surface area contributed by atoms with Crippen LogP contribution in [0, 0.1) is 0 Å². The van der Waals surface area contributed by atoms with Gasteiger partial charge in [0.1, 0.15) is 0 Å². The Labute approximate surface area is 120 Å². The summed E-state index contributed by atoms with van der Waals surface area (Å²) in [5.41, 5.74) is 1.65. The second kappa shape index (κ2) is 5.80. The number of ether oxygens (including phenoxy) is 1. The molecule has 1 saturated heterocycles. The Bertz CT molecular complexity index is 501. The molecule has 0 aromatic heterocycles. The van der Waals surface area contributed by atoms with Crippen LogP contribution in [-0.2, 0) is 14.9 Å². The van der Waals surface area contributed by atoms with E-state index in [0.29, 0.717) is 0 Å². The zero-order valence-corrected chi connectivity index (χ0v) is 11.7. The number of ketones is 1. The first-order valence-corrected chi connectivity index (χ1v) is 7.45. The van der Waals surface area contributed by atoms with Crippen LogP contribution in [0.3, 0.4) is 0 Å². The molecule has 106 valence electrons. The Morgan fingerprint density at radius 3 is 2.55 bits per heavy atom. The van der Waals surface area contributed by atoms with Gasteiger partial charge < -0.3 is 10.1 Å². The lowest BCUT2D eigenvalue weighted by Gasteiger charge is -2.37. The second-order valence-corrected chi connectivity index (χ2v) is 5.64. The number of hydrogen-bond donors (Lipinski definition) is 1. The molecule has 2 aliphatic heterocycles. The summed E-state index contributed by atoms with van der Waals surface area (Å²) in [7, 11) is 0. The van der Waals surface area contributed by atoms with Crippen molar-refractivity contribution >= 4 is 5.78 Å². The fraction of sp³-hybridized carbons (Fsp3) is 0.471. The summed E-state index contributed by atoms with van der Waals surface area (Å²) in [5.74, 6) is 0.268. The standard InChI is InChI=1S/C17H21NO2/c19-16(14-5-4-12-20-13-14)17(8-10-18-11-9-17)15-6-2-1-3-7-15/h1-3,6-7,13,18H,4-5,8-12H2. The van der Waals surface area contributed by atoms with Gasteiger partial charge in [-0.05, 0) is 44.3 Å². The molecule has 0 unspecified atom stereocenters. The third-order valence-corrected chi connectivity index (χ3v) is 4.44. The molecule has 3 rings (SSSR count). The van der Waals surface area contributed by atoms with E-state index in [9.17, 15) is 4.79 Å². The number of nitrogens with one attached hydrogen (secondary N) is 1. The Hall–Kier alpha value is -1.61. The van der Waals surface area contributed by atoms with E-state index in [-0.39, 0.29) is 11.2 Å². The van der Waals surface area contributed by atoms with Gasteiger partial charge in [0.05, 0.1) is 18.3 Å². The third-order valence-electron chi connectivity index (χ3n) is 4.44. The molecule has 1 fully saturated rings. The highest BCUT2D eigenvalue weighted by atomic mass is 16.5. The van der Waals surface area contributed by atoms with E-state index in [2.05, 4.69) is 17.4 Å². The van der Waals surface area contributed by atoms with Crippen molar-refractivity contribution in [1.29, 1.82) is 0 Å². The lowest BCUT2D eigenvalue weighted by molar-refractivity contribution is -0.122. The molecule has 0 atom stereocenters. The molecule has 1 aromatic carbocycles. The molecular weight excluding hydrogens is 250 g/mol. The first kappa shape index (κ1) is 13.4. The summed E-state index contributed by atoms with van der Waals surface area (Å²) >= 11 is 0. The quantitative estimate of drug-likeness (QED) is 0.918. The summed E-state index contributed by atoms with van der Waals surface area (Å²) in [6.45, 7) is 2.53. The van der Waals surface area contributed by atoms with Crippen LogP contribution in [0.5, 0.6) is 0 Å². The zero-order chi connectivity index (χ0) is 13.8. The molecule has 3 heteroatoms. The van der Waals surface area contributed by atoms with Crippen LogP contribution in [0.2, 0.25) is 0 Å². The van der Waals surface area contributed by atoms with Gasteiger partial charge in [0.2, 0.25) is 0 Å². The Morgan fingerprint density at radius 1 is 1.15 bits per heavy atom. The van der Waals surface area contributed by atoms with Crippen molar-refractivity contribution in [1.82, 2.24) is 5.32 Å². The number of piperidine rings is 1. The number of benzene rings is 1. The Balaban J connectivity index is 1.97. The SMILES string of the molecule is O=C(C1=COCCC1)C1(c2ccccc2)CCNCC1. The normalized spacial score (nSPS) is 21.7. The summed E-state index contributed by atoms with van der Waals surface area (Å²) in [6, 6.07) is 10.2. The van der Waals surface area contributed by atoms with E-state index in [0.717, 1.165) is 56.5 Å². The number of Topliss-reactive ketones (excluding diaryl/α,β-unsaturated/α-hetero) is 1. The highest BCUT2D eigenvalue weighted by Gasteiger charge is 2.42. The van der Waals surface area contributed by atoms with Crippen LogP contribution in [0.15, 0.2) is 42.2 Å². The number of carbonyl (C=O) groups excluding carboxylic acids is 1. The molecule has 0 radical (unpaired) electrons. The molecule has 0 spiro atoms. The van der Waals surface area contributed by atoms with Crippen LogP contribution in [0.4, 0.5) is 0 Å². The third kappa shape index (κ3) is 2.38. The van der Waals surface area contributed by atoms with E-state index in [4.69, 9.17) is 4.74 Å². The smallest absolute Gasteiger partial charge is 0.172 e. The molecule has 0 saturated carbocycles. The highest BCUT2D eigenvalue weighted by molar-refractivity contribution is 6.03.